The van der Waals surface area contributed by atoms with Crippen LogP contribution in [0.15, 0.2) is 6.33 Å². The lowest BCUT2D eigenvalue weighted by Crippen LogP contribution is -2.43. The minimum atomic E-state index is -3.74. The van der Waals surface area contributed by atoms with Gasteiger partial charge in [0.05, 0.1) is 0 Å². The second-order valence-corrected chi connectivity index (χ2v) is 4.01. The number of carbonyl (C=O) groups is 1. The first-order chi connectivity index (χ1) is 9.86. The van der Waals surface area contributed by atoms with E-state index in [4.69, 9.17) is 4.74 Å². The molecular formula is C10H15F2N5O4. The first-order valence-electron chi connectivity index (χ1n) is 6.14. The summed E-state index contributed by atoms with van der Waals surface area (Å²) in [6.07, 6.45) is 1.18. The van der Waals surface area contributed by atoms with Crippen LogP contribution >= 0.6 is 0 Å². The molecule has 1 amide bonds. The molecule has 0 radical (unpaired) electrons. The number of nitrogens with zero attached hydrogens (tertiary/aromatic N) is 4. The van der Waals surface area contributed by atoms with Crippen molar-refractivity contribution in [3.05, 3.63) is 16.4 Å². The van der Waals surface area contributed by atoms with E-state index >= 15 is 0 Å². The summed E-state index contributed by atoms with van der Waals surface area (Å²) in [5, 5.41) is 15.6. The molecule has 21 heavy (non-hydrogen) atoms. The molecule has 0 atom stereocenters. The molecule has 0 aliphatic heterocycles. The van der Waals surface area contributed by atoms with Gasteiger partial charge in [0, 0.05) is 24.9 Å². The fourth-order valence-corrected chi connectivity index (χ4v) is 1.37. The molecule has 118 valence electrons. The predicted molar refractivity (Wildman–Crippen MR) is 65.7 cm³/mol. The summed E-state index contributed by atoms with van der Waals surface area (Å²) in [7, 11) is 0. The minimum Gasteiger partial charge on any atom is -0.390 e. The van der Waals surface area contributed by atoms with E-state index in [1.165, 1.54) is 0 Å². The lowest BCUT2D eigenvalue weighted by Gasteiger charge is -2.14. The molecule has 0 aromatic carbocycles. The number of rotatable bonds is 9. The first-order valence-corrected chi connectivity index (χ1v) is 6.14. The monoisotopic (exact) mass is 307 g/mol. The fourth-order valence-electron chi connectivity index (χ4n) is 1.37. The Morgan fingerprint density at radius 1 is 1.62 bits per heavy atom. The largest absolute Gasteiger partial charge is 0.490 e. The summed E-state index contributed by atoms with van der Waals surface area (Å²) in [4.78, 5) is 24.0. The van der Waals surface area contributed by atoms with Crippen molar-refractivity contribution in [1.29, 1.82) is 0 Å². The van der Waals surface area contributed by atoms with E-state index in [-0.39, 0.29) is 6.54 Å². The Kier molecular flexibility index (Phi) is 6.09. The molecule has 0 fully saturated rings. The van der Waals surface area contributed by atoms with Crippen LogP contribution < -0.4 is 5.32 Å². The molecule has 1 aromatic rings. The van der Waals surface area contributed by atoms with Gasteiger partial charge < -0.3 is 20.2 Å². The molecule has 0 unspecified atom stereocenters. The molecule has 1 aromatic heterocycles. The highest BCUT2D eigenvalue weighted by atomic mass is 19.3. The van der Waals surface area contributed by atoms with Crippen molar-refractivity contribution >= 4 is 11.9 Å². The maximum atomic E-state index is 13.6. The van der Waals surface area contributed by atoms with Gasteiger partial charge >= 0.3 is 11.9 Å². The van der Waals surface area contributed by atoms with Crippen molar-refractivity contribution in [1.82, 2.24) is 20.1 Å². The van der Waals surface area contributed by atoms with Crippen molar-refractivity contribution in [3.63, 3.8) is 0 Å². The summed E-state index contributed by atoms with van der Waals surface area (Å²) in [6, 6.07) is 0. The number of carbonyl (C=O) groups excluding carboxylic acids is 1. The number of alkyl halides is 2. The summed E-state index contributed by atoms with van der Waals surface area (Å²) in [6.45, 7) is 1.59. The number of nitrogens with one attached hydrogen (secondary N) is 1. The molecule has 1 N–H and O–H groups in total. The zero-order valence-electron chi connectivity index (χ0n) is 11.3. The molecule has 1 rings (SSSR count). The first kappa shape index (κ1) is 16.9. The normalized spacial score (nSPS) is 11.4. The van der Waals surface area contributed by atoms with Crippen molar-refractivity contribution in [2.24, 2.45) is 0 Å². The third kappa shape index (κ3) is 5.38. The Morgan fingerprint density at radius 3 is 2.90 bits per heavy atom. The lowest BCUT2D eigenvalue weighted by molar-refractivity contribution is -0.394. The van der Waals surface area contributed by atoms with Gasteiger partial charge in [-0.05, 0) is 18.3 Å². The average Bonchev–Trinajstić information content (AvgIpc) is 2.86. The van der Waals surface area contributed by atoms with E-state index in [0.29, 0.717) is 24.3 Å². The minimum absolute atomic E-state index is 0.0475. The summed E-state index contributed by atoms with van der Waals surface area (Å²) in [5.74, 6) is -6.02. The van der Waals surface area contributed by atoms with Crippen LogP contribution in [-0.4, -0.2) is 51.3 Å². The number of amides is 1. The Bertz CT molecular complexity index is 494. The highest BCUT2D eigenvalue weighted by molar-refractivity contribution is 5.83. The van der Waals surface area contributed by atoms with Crippen LogP contribution in [0.25, 0.3) is 0 Å². The predicted octanol–water partition coefficient (Wildman–Crippen LogP) is 0.364. The van der Waals surface area contributed by atoms with Gasteiger partial charge in [-0.25, -0.2) is 0 Å². The van der Waals surface area contributed by atoms with Crippen LogP contribution in [0.3, 0.4) is 0 Å². The van der Waals surface area contributed by atoms with Gasteiger partial charge in [-0.1, -0.05) is 4.98 Å². The van der Waals surface area contributed by atoms with Crippen LogP contribution in [0.5, 0.6) is 0 Å². The number of hydrogen-bond donors (Lipinski definition) is 1. The van der Waals surface area contributed by atoms with Crippen molar-refractivity contribution in [3.8, 4) is 0 Å². The molecule has 0 bridgehead atoms. The Labute approximate surface area is 118 Å². The SMILES string of the molecule is CCOCCCNC(=O)C(F)(F)Cn1cnc([N+](=O)[O-])n1. The van der Waals surface area contributed by atoms with E-state index < -0.39 is 29.2 Å². The topological polar surface area (TPSA) is 112 Å². The molecule has 1 heterocycles. The van der Waals surface area contributed by atoms with Crippen LogP contribution in [-0.2, 0) is 16.1 Å². The molecule has 0 aliphatic rings. The van der Waals surface area contributed by atoms with E-state index in [2.05, 4.69) is 15.4 Å². The standard InChI is InChI=1S/C10H15F2N5O4/c1-2-21-5-3-4-13-8(18)10(11,12)6-16-7-14-9(15-16)17(19)20/h7H,2-6H2,1H3,(H,13,18). The summed E-state index contributed by atoms with van der Waals surface area (Å²) in [5.41, 5.74) is 0. The van der Waals surface area contributed by atoms with Crippen LogP contribution in [0.4, 0.5) is 14.7 Å². The number of nitro groups is 1. The number of ether oxygens (including phenoxy) is 1. The maximum absolute atomic E-state index is 13.6. The van der Waals surface area contributed by atoms with Crippen LogP contribution in [0.2, 0.25) is 0 Å². The fraction of sp³-hybridized carbons (Fsp3) is 0.700. The maximum Gasteiger partial charge on any atom is 0.490 e. The van der Waals surface area contributed by atoms with Gasteiger partial charge in [0.1, 0.15) is 6.54 Å². The molecule has 0 spiro atoms. The lowest BCUT2D eigenvalue weighted by atomic mass is 10.3. The van der Waals surface area contributed by atoms with E-state index in [0.717, 1.165) is 6.33 Å². The zero-order chi connectivity index (χ0) is 15.9. The van der Waals surface area contributed by atoms with Gasteiger partial charge in [-0.3, -0.25) is 4.79 Å². The smallest absolute Gasteiger partial charge is 0.390 e. The van der Waals surface area contributed by atoms with Gasteiger partial charge in [0.15, 0.2) is 0 Å². The third-order valence-corrected chi connectivity index (χ3v) is 2.34. The third-order valence-electron chi connectivity index (χ3n) is 2.34. The molecule has 9 nitrogen and oxygen atoms in total. The van der Waals surface area contributed by atoms with Crippen LogP contribution in [0.1, 0.15) is 13.3 Å². The van der Waals surface area contributed by atoms with Crippen molar-refractivity contribution in [2.75, 3.05) is 19.8 Å². The van der Waals surface area contributed by atoms with Gasteiger partial charge in [-0.15, -0.1) is 0 Å². The number of aromatic nitrogens is 3. The van der Waals surface area contributed by atoms with E-state index in [1.807, 2.05) is 0 Å². The Balaban J connectivity index is 2.47. The Morgan fingerprint density at radius 2 is 2.33 bits per heavy atom. The average molecular weight is 307 g/mol. The van der Waals surface area contributed by atoms with Crippen molar-refractivity contribution < 1.29 is 23.2 Å². The highest BCUT2D eigenvalue weighted by Crippen LogP contribution is 2.16. The zero-order valence-corrected chi connectivity index (χ0v) is 11.3. The van der Waals surface area contributed by atoms with Crippen molar-refractivity contribution in [2.45, 2.75) is 25.8 Å². The molecule has 11 heteroatoms. The van der Waals surface area contributed by atoms with E-state index in [9.17, 15) is 23.7 Å². The van der Waals surface area contributed by atoms with Crippen LogP contribution in [0, 0.1) is 10.1 Å². The summed E-state index contributed by atoms with van der Waals surface area (Å²) >= 11 is 0. The second-order valence-electron chi connectivity index (χ2n) is 4.01. The van der Waals surface area contributed by atoms with Gasteiger partial charge in [-0.2, -0.15) is 13.5 Å². The van der Waals surface area contributed by atoms with Gasteiger partial charge in [0.25, 0.3) is 5.91 Å². The molecular weight excluding hydrogens is 292 g/mol. The molecule has 0 saturated carbocycles. The summed E-state index contributed by atoms with van der Waals surface area (Å²) < 4.78 is 32.7. The molecule has 0 aliphatic carbocycles. The quantitative estimate of drug-likeness (QED) is 0.400. The second kappa shape index (κ2) is 7.57. The van der Waals surface area contributed by atoms with Gasteiger partial charge in [0.2, 0.25) is 6.33 Å². The number of halogens is 2. The van der Waals surface area contributed by atoms with E-state index in [1.54, 1.807) is 6.92 Å². The molecule has 0 saturated heterocycles. The number of hydrogen-bond acceptors (Lipinski definition) is 6. The highest BCUT2D eigenvalue weighted by Gasteiger charge is 2.40. The Hall–Kier alpha value is -2.17.